The van der Waals surface area contributed by atoms with Crippen molar-refractivity contribution in [3.63, 3.8) is 0 Å². The molecule has 0 amide bonds. The molecule has 0 aromatic rings. The van der Waals surface area contributed by atoms with E-state index in [1.165, 1.54) is 27.7 Å². The summed E-state index contributed by atoms with van der Waals surface area (Å²) in [5.74, 6) is -1.14. The van der Waals surface area contributed by atoms with E-state index in [-0.39, 0.29) is 84.2 Å². The van der Waals surface area contributed by atoms with Crippen molar-refractivity contribution >= 4 is 16.2 Å². The Labute approximate surface area is 592 Å². The summed E-state index contributed by atoms with van der Waals surface area (Å²) in [5, 5.41) is 170. The van der Waals surface area contributed by atoms with Crippen LogP contribution in [0.5, 0.6) is 0 Å². The summed E-state index contributed by atoms with van der Waals surface area (Å²) >= 11 is 0. The second-order valence-corrected chi connectivity index (χ2v) is 31.1. The van der Waals surface area contributed by atoms with Crippen molar-refractivity contribution in [1.82, 2.24) is 0 Å². The van der Waals surface area contributed by atoms with Gasteiger partial charge in [-0.3, -0.25) is 9.35 Å². The Bertz CT molecular complexity index is 2800. The van der Waals surface area contributed by atoms with E-state index in [0.29, 0.717) is 38.5 Å². The fourth-order valence-corrected chi connectivity index (χ4v) is 18.3. The van der Waals surface area contributed by atoms with Gasteiger partial charge < -0.3 is 133 Å². The first kappa shape index (κ1) is 81.3. The van der Waals surface area contributed by atoms with Crippen LogP contribution >= 0.6 is 0 Å². The van der Waals surface area contributed by atoms with Crippen molar-refractivity contribution in [2.45, 2.75) is 323 Å². The van der Waals surface area contributed by atoms with Gasteiger partial charge in [0.2, 0.25) is 0 Å². The van der Waals surface area contributed by atoms with Crippen LogP contribution in [0.2, 0.25) is 0 Å². The number of hydrogen-bond acceptors (Lipinski definition) is 31. The van der Waals surface area contributed by atoms with Gasteiger partial charge in [-0.05, 0) is 126 Å². The fraction of sp³-hybridized carbons (Fsp3) is 0.953. The first-order valence-corrected chi connectivity index (χ1v) is 35.6. The fourth-order valence-electron chi connectivity index (χ4n) is 17.8. The van der Waals surface area contributed by atoms with Crippen molar-refractivity contribution in [3.05, 3.63) is 11.6 Å². The Hall–Kier alpha value is -0.800. The smallest absolute Gasteiger partial charge is 0.394 e. The molecule has 10 aliphatic rings. The van der Waals surface area contributed by atoms with Crippen LogP contribution in [0.25, 0.3) is 0 Å². The third kappa shape index (κ3) is 16.1. The molecule has 3 saturated carbocycles. The molecule has 16 N–H and O–H groups in total. The van der Waals surface area contributed by atoms with Crippen LogP contribution in [-0.4, -0.2) is 305 Å². The molecule has 0 aromatic heterocycles. The van der Waals surface area contributed by atoms with Gasteiger partial charge in [0.25, 0.3) is 0 Å². The van der Waals surface area contributed by atoms with Gasteiger partial charge in [0.1, 0.15) is 122 Å². The Morgan fingerprint density at radius 3 is 1.60 bits per heavy atom. The van der Waals surface area contributed by atoms with E-state index in [0.717, 1.165) is 5.57 Å². The third-order valence-electron chi connectivity index (χ3n) is 23.4. The summed E-state index contributed by atoms with van der Waals surface area (Å²) in [6, 6.07) is 0. The van der Waals surface area contributed by atoms with Crippen LogP contribution in [0.1, 0.15) is 127 Å². The second-order valence-electron chi connectivity index (χ2n) is 30.0. The minimum absolute atomic E-state index is 0. The summed E-state index contributed by atoms with van der Waals surface area (Å²) in [6.07, 6.45) is -46.6. The van der Waals surface area contributed by atoms with Crippen molar-refractivity contribution in [2.75, 3.05) is 13.2 Å². The number of ketones is 1. The van der Waals surface area contributed by atoms with Crippen molar-refractivity contribution in [1.29, 1.82) is 0 Å². The molecular weight excluding hydrogens is 1340 g/mol. The number of carbonyl (C=O) groups is 1. The summed E-state index contributed by atoms with van der Waals surface area (Å²) in [6.45, 7) is 15.9. The molecule has 0 aromatic carbocycles. The third-order valence-corrected chi connectivity index (χ3v) is 23.9. The van der Waals surface area contributed by atoms with E-state index in [4.69, 9.17) is 61.0 Å². The van der Waals surface area contributed by atoms with Gasteiger partial charge in [0, 0.05) is 12.3 Å². The molecule has 0 spiro atoms. The molecule has 6 saturated heterocycles. The standard InChI is InChI=1S/C64H106O32S.Na/c1-11-29(23(2)3)34(66)20-64(10,80)38-13-12-31-30-19-35(33-18-28(96-97(81,82)83)14-16-62(33,8)32(30)15-17-63(31,38)9)89-58-50(78)53(42(70)26(6)87-58)93-60-54(94-57-49(77)46(74)40(68)25(5)86-57)44(72)37(22-84-60)91-61-55(47(75)43(71)36(21-65)90-61)95-59-51(79)52(41(69)27(7)88-59)92-56-48(76)45(73)39(67)24(4)85-56;/h15,23-31,33,35-61,65,67-80H,11-14,16-22H2,1-10H3,(H,81,82,83);/q;+1. The number of carbonyl (C=O) groups excluding carboxylic acids is 1. The van der Waals surface area contributed by atoms with Gasteiger partial charge in [-0.2, -0.15) is 8.42 Å². The maximum atomic E-state index is 13.8. The largest absolute Gasteiger partial charge is 1.00 e. The van der Waals surface area contributed by atoms with Crippen molar-refractivity contribution in [2.24, 2.45) is 46.3 Å². The van der Waals surface area contributed by atoms with Crippen LogP contribution in [0.3, 0.4) is 0 Å². The minimum Gasteiger partial charge on any atom is -0.394 e. The number of ether oxygens (including phenoxy) is 12. The summed E-state index contributed by atoms with van der Waals surface area (Å²) in [4.78, 5) is 13.8. The Morgan fingerprint density at radius 1 is 0.592 bits per heavy atom. The molecule has 39 atom stereocenters. The van der Waals surface area contributed by atoms with E-state index in [1.807, 2.05) is 20.8 Å². The predicted molar refractivity (Wildman–Crippen MR) is 326 cm³/mol. The molecule has 6 heterocycles. The Morgan fingerprint density at radius 2 is 1.08 bits per heavy atom. The van der Waals surface area contributed by atoms with E-state index < -0.39 is 236 Å². The molecule has 9 fully saturated rings. The SMILES string of the molecule is CCC(C(=O)CC(C)(O)C1CCC2C3CC(OC4OC(C)C(O)C(OC5OCC(OC6OC(CO)C(O)C(O)C6OC6OC(C)C(O)C(OC7OC(C)C(O)C(O)C7O)C6O)C(O)C5OC5OC(C)C(O)C(O)C5O)C4O)C4CC(OS(=O)(=O)O)CCC4(C)C3=CCC21C)C(C)C.[Na+]. The van der Waals surface area contributed by atoms with Crippen LogP contribution in [0.4, 0.5) is 0 Å². The number of rotatable bonds is 21. The number of aliphatic hydroxyl groups is 15. The van der Waals surface area contributed by atoms with Gasteiger partial charge in [-0.1, -0.05) is 46.3 Å². The first-order valence-electron chi connectivity index (χ1n) is 34.2. The Kier molecular flexibility index (Phi) is 26.5. The number of aliphatic hydroxyl groups excluding tert-OH is 14. The Balaban J connectivity index is 0.0000112. The zero-order valence-electron chi connectivity index (χ0n) is 57.3. The summed E-state index contributed by atoms with van der Waals surface area (Å²) < 4.78 is 113. The van der Waals surface area contributed by atoms with E-state index >= 15 is 0 Å². The van der Waals surface area contributed by atoms with Gasteiger partial charge in [-0.15, -0.1) is 0 Å². The first-order chi connectivity index (χ1) is 45.3. The zero-order valence-corrected chi connectivity index (χ0v) is 60.1. The summed E-state index contributed by atoms with van der Waals surface area (Å²) in [7, 11) is -4.91. The molecule has 34 heteroatoms. The van der Waals surface area contributed by atoms with Gasteiger partial charge in [0.05, 0.1) is 55.4 Å². The molecule has 0 bridgehead atoms. The van der Waals surface area contributed by atoms with Crippen LogP contribution in [-0.2, 0) is 76.2 Å². The summed E-state index contributed by atoms with van der Waals surface area (Å²) in [5.41, 5.74) is -1.38. The molecule has 6 aliphatic heterocycles. The maximum absolute atomic E-state index is 13.8. The molecule has 0 radical (unpaired) electrons. The van der Waals surface area contributed by atoms with E-state index in [2.05, 4.69) is 19.9 Å². The monoisotopic (exact) mass is 1440 g/mol. The van der Waals surface area contributed by atoms with Gasteiger partial charge in [0.15, 0.2) is 37.7 Å². The minimum atomic E-state index is -4.91. The van der Waals surface area contributed by atoms with Crippen LogP contribution < -0.4 is 29.6 Å². The van der Waals surface area contributed by atoms with Crippen molar-refractivity contribution in [3.8, 4) is 0 Å². The van der Waals surface area contributed by atoms with Gasteiger partial charge >= 0.3 is 40.0 Å². The molecular formula is C64H106NaO32S+. The molecule has 4 aliphatic carbocycles. The average Bonchev–Trinajstić information content (AvgIpc) is 1.38. The quantitative estimate of drug-likeness (QED) is 0.0289. The normalized spacial score (nSPS) is 51.0. The van der Waals surface area contributed by atoms with E-state index in [1.54, 1.807) is 6.92 Å². The second kappa shape index (κ2) is 31.9. The topological polar surface area (TPSA) is 495 Å². The molecule has 98 heavy (non-hydrogen) atoms. The molecule has 32 nitrogen and oxygen atoms in total. The van der Waals surface area contributed by atoms with Crippen LogP contribution in [0, 0.1) is 46.3 Å². The van der Waals surface area contributed by atoms with Crippen LogP contribution in [0.15, 0.2) is 11.6 Å². The predicted octanol–water partition coefficient (Wildman–Crippen LogP) is -6.18. The number of Topliss-reactive ketones (excluding diaryl/α,β-unsaturated/α-hetero) is 1. The van der Waals surface area contributed by atoms with Crippen molar-refractivity contribution < 1.29 is 185 Å². The number of fused-ring (bicyclic) bond motifs is 5. The zero-order chi connectivity index (χ0) is 71.2. The molecule has 39 unspecified atom stereocenters. The average molecular weight is 1440 g/mol. The number of allylic oxidation sites excluding steroid dienone is 2. The molecule has 560 valence electrons. The number of hydrogen-bond donors (Lipinski definition) is 16. The molecule has 10 rings (SSSR count). The maximum Gasteiger partial charge on any atom is 1.00 e. The van der Waals surface area contributed by atoms with Gasteiger partial charge in [-0.25, -0.2) is 4.18 Å². The van der Waals surface area contributed by atoms with E-state index in [9.17, 15) is 94.4 Å².